The molecule has 2 fully saturated rings. The molecule has 2 aliphatic heterocycles. The average molecular weight is 404 g/mol. The van der Waals surface area contributed by atoms with Crippen molar-refractivity contribution < 1.29 is 36.3 Å². The van der Waals surface area contributed by atoms with Gasteiger partial charge in [0.15, 0.2) is 12.0 Å². The summed E-state index contributed by atoms with van der Waals surface area (Å²) in [5.41, 5.74) is -1.14. The first-order chi connectivity index (χ1) is 12.5. The third-order valence-electron chi connectivity index (χ3n) is 4.09. The smallest absolute Gasteiger partial charge is 0.362 e. The zero-order valence-electron chi connectivity index (χ0n) is 15.1. The molecule has 0 unspecified atom stereocenters. The second-order valence-corrected chi connectivity index (χ2v) is 8.24. The van der Waals surface area contributed by atoms with Gasteiger partial charge in [-0.1, -0.05) is 0 Å². The van der Waals surface area contributed by atoms with Crippen LogP contribution in [0.4, 0.5) is 0 Å². The topological polar surface area (TPSA) is 132 Å². The molecule has 1 aromatic heterocycles. The first-order valence-corrected chi connectivity index (χ1v) is 9.85. The number of fused-ring (bicyclic) bond motifs is 1. The fourth-order valence-electron chi connectivity index (χ4n) is 3.07. The van der Waals surface area contributed by atoms with E-state index in [4.69, 9.17) is 18.4 Å². The predicted octanol–water partition coefficient (Wildman–Crippen LogP) is -0.576. The van der Waals surface area contributed by atoms with Gasteiger partial charge in [0.2, 0.25) is 5.69 Å². The van der Waals surface area contributed by atoms with Crippen LogP contribution in [-0.2, 0) is 33.2 Å². The summed E-state index contributed by atoms with van der Waals surface area (Å²) in [6, 6.07) is 0. The molecular formula is C15H20N2O9S. The second kappa shape index (κ2) is 6.95. The third-order valence-corrected chi connectivity index (χ3v) is 4.66. The van der Waals surface area contributed by atoms with E-state index in [2.05, 4.69) is 9.72 Å². The van der Waals surface area contributed by atoms with Gasteiger partial charge < -0.3 is 18.9 Å². The van der Waals surface area contributed by atoms with E-state index in [0.717, 1.165) is 17.9 Å². The van der Waals surface area contributed by atoms with Gasteiger partial charge in [-0.25, -0.2) is 9.78 Å². The molecule has 2 aliphatic rings. The van der Waals surface area contributed by atoms with Crippen LogP contribution in [0.5, 0.6) is 0 Å². The SMILES string of the molecule is COC(=O)c1nccn([C@@H]2O[C@H](COS(C)(=O)=O)[C@H]3OC(C)(C)O[C@H]32)c1=O. The summed E-state index contributed by atoms with van der Waals surface area (Å²) >= 11 is 0. The first-order valence-electron chi connectivity index (χ1n) is 8.03. The first kappa shape index (κ1) is 19.9. The quantitative estimate of drug-likeness (QED) is 0.464. The summed E-state index contributed by atoms with van der Waals surface area (Å²) in [6.07, 6.45) is 0.343. The number of rotatable bonds is 5. The highest BCUT2D eigenvalue weighted by molar-refractivity contribution is 7.85. The van der Waals surface area contributed by atoms with Crippen molar-refractivity contribution in [1.29, 1.82) is 0 Å². The standard InChI is InChI=1S/C15H20N2O9S/c1-15(2)25-10-8(7-23-27(4,20)21)24-13(11(10)26-15)17-6-5-16-9(12(17)18)14(19)22-3/h5-6,8,10-11,13H,7H2,1-4H3/t8-,10-,11-,13-/m1/s1. The average Bonchev–Trinajstić information content (AvgIpc) is 3.05. The molecule has 0 saturated carbocycles. The van der Waals surface area contributed by atoms with Crippen molar-refractivity contribution in [3.05, 3.63) is 28.4 Å². The fourth-order valence-corrected chi connectivity index (χ4v) is 3.45. The van der Waals surface area contributed by atoms with Gasteiger partial charge in [0.25, 0.3) is 15.7 Å². The van der Waals surface area contributed by atoms with E-state index < -0.39 is 57.7 Å². The maximum atomic E-state index is 12.6. The molecule has 0 aliphatic carbocycles. The molecule has 27 heavy (non-hydrogen) atoms. The summed E-state index contributed by atoms with van der Waals surface area (Å²) in [4.78, 5) is 28.1. The van der Waals surface area contributed by atoms with E-state index in [1.807, 2.05) is 0 Å². The second-order valence-electron chi connectivity index (χ2n) is 6.60. The van der Waals surface area contributed by atoms with Gasteiger partial charge in [0, 0.05) is 12.4 Å². The van der Waals surface area contributed by atoms with E-state index >= 15 is 0 Å². The molecule has 0 radical (unpaired) electrons. The minimum absolute atomic E-state index is 0.306. The number of ether oxygens (including phenoxy) is 4. The molecule has 0 bridgehead atoms. The molecule has 4 atom stereocenters. The summed E-state index contributed by atoms with van der Waals surface area (Å²) in [6.45, 7) is 3.07. The Bertz CT molecular complexity index is 895. The van der Waals surface area contributed by atoms with Gasteiger partial charge in [-0.2, -0.15) is 8.42 Å². The summed E-state index contributed by atoms with van der Waals surface area (Å²) < 4.78 is 50.5. The number of carbonyl (C=O) groups is 1. The number of methoxy groups -OCH3 is 1. The van der Waals surface area contributed by atoms with Crippen LogP contribution >= 0.6 is 0 Å². The molecule has 0 spiro atoms. The van der Waals surface area contributed by atoms with Gasteiger partial charge >= 0.3 is 5.97 Å². The number of nitrogens with zero attached hydrogens (tertiary/aromatic N) is 2. The summed E-state index contributed by atoms with van der Waals surface area (Å²) in [5.74, 6) is -1.85. The van der Waals surface area contributed by atoms with Crippen molar-refractivity contribution >= 4 is 16.1 Å². The Morgan fingerprint density at radius 3 is 2.63 bits per heavy atom. The Labute approximate surface area is 155 Å². The molecule has 0 amide bonds. The summed E-state index contributed by atoms with van der Waals surface area (Å²) in [5, 5.41) is 0. The number of hydrogen-bond donors (Lipinski definition) is 0. The van der Waals surface area contributed by atoms with Crippen molar-refractivity contribution in [1.82, 2.24) is 9.55 Å². The van der Waals surface area contributed by atoms with Crippen LogP contribution in [0.25, 0.3) is 0 Å². The van der Waals surface area contributed by atoms with Crippen LogP contribution in [0.15, 0.2) is 17.2 Å². The predicted molar refractivity (Wildman–Crippen MR) is 88.4 cm³/mol. The highest BCUT2D eigenvalue weighted by Gasteiger charge is 2.56. The molecule has 3 heterocycles. The van der Waals surface area contributed by atoms with E-state index in [1.165, 1.54) is 12.4 Å². The fraction of sp³-hybridized carbons (Fsp3) is 0.667. The van der Waals surface area contributed by atoms with Crippen LogP contribution in [0, 0.1) is 0 Å². The van der Waals surface area contributed by atoms with Gasteiger partial charge in [0.1, 0.15) is 18.3 Å². The van der Waals surface area contributed by atoms with E-state index in [9.17, 15) is 18.0 Å². The lowest BCUT2D eigenvalue weighted by molar-refractivity contribution is -0.199. The Balaban J connectivity index is 1.94. The molecular weight excluding hydrogens is 384 g/mol. The van der Waals surface area contributed by atoms with Crippen molar-refractivity contribution in [3.8, 4) is 0 Å². The zero-order chi connectivity index (χ0) is 20.0. The largest absolute Gasteiger partial charge is 0.464 e. The number of carbonyl (C=O) groups excluding carboxylic acids is 1. The van der Waals surface area contributed by atoms with Crippen LogP contribution in [-0.4, -0.2) is 68.0 Å². The molecule has 3 rings (SSSR count). The molecule has 11 nitrogen and oxygen atoms in total. The molecule has 150 valence electrons. The van der Waals surface area contributed by atoms with Crippen molar-refractivity contribution in [2.75, 3.05) is 20.0 Å². The highest BCUT2D eigenvalue weighted by atomic mass is 32.2. The van der Waals surface area contributed by atoms with Crippen LogP contribution in [0.2, 0.25) is 0 Å². The molecule has 0 aromatic carbocycles. The molecule has 12 heteroatoms. The van der Waals surface area contributed by atoms with Gasteiger partial charge in [-0.15, -0.1) is 0 Å². The monoisotopic (exact) mass is 404 g/mol. The van der Waals surface area contributed by atoms with Crippen LogP contribution in [0.1, 0.15) is 30.6 Å². The molecule has 1 aromatic rings. The molecule has 0 N–H and O–H groups in total. The van der Waals surface area contributed by atoms with E-state index in [-0.39, 0.29) is 6.61 Å². The Hall–Kier alpha value is -1.86. The number of aromatic nitrogens is 2. The highest BCUT2D eigenvalue weighted by Crippen LogP contribution is 2.42. The van der Waals surface area contributed by atoms with Crippen LogP contribution < -0.4 is 5.56 Å². The maximum absolute atomic E-state index is 12.6. The lowest BCUT2D eigenvalue weighted by Gasteiger charge is -2.24. The van der Waals surface area contributed by atoms with Crippen molar-refractivity contribution in [3.63, 3.8) is 0 Å². The van der Waals surface area contributed by atoms with E-state index in [1.54, 1.807) is 13.8 Å². The lowest BCUT2D eigenvalue weighted by atomic mass is 10.1. The maximum Gasteiger partial charge on any atom is 0.362 e. The van der Waals surface area contributed by atoms with Gasteiger partial charge in [-0.3, -0.25) is 13.5 Å². The van der Waals surface area contributed by atoms with Crippen molar-refractivity contribution in [2.45, 2.75) is 44.2 Å². The number of esters is 1. The normalized spacial score (nSPS) is 29.5. The Morgan fingerprint density at radius 2 is 2.00 bits per heavy atom. The van der Waals surface area contributed by atoms with Gasteiger partial charge in [0.05, 0.1) is 20.0 Å². The van der Waals surface area contributed by atoms with Gasteiger partial charge in [-0.05, 0) is 13.8 Å². The minimum atomic E-state index is -3.70. The molecule has 2 saturated heterocycles. The summed E-state index contributed by atoms with van der Waals surface area (Å²) in [7, 11) is -2.56. The third kappa shape index (κ3) is 4.04. The van der Waals surface area contributed by atoms with Crippen LogP contribution in [0.3, 0.4) is 0 Å². The Morgan fingerprint density at radius 1 is 1.33 bits per heavy atom. The van der Waals surface area contributed by atoms with Crippen molar-refractivity contribution in [2.24, 2.45) is 0 Å². The van der Waals surface area contributed by atoms with E-state index in [0.29, 0.717) is 0 Å². The minimum Gasteiger partial charge on any atom is -0.464 e. The number of hydrogen-bond acceptors (Lipinski definition) is 10. The lowest BCUT2D eigenvalue weighted by Crippen LogP contribution is -2.36. The Kier molecular flexibility index (Phi) is 5.12. The zero-order valence-corrected chi connectivity index (χ0v) is 16.0.